The van der Waals surface area contributed by atoms with Crippen LogP contribution in [0.3, 0.4) is 0 Å². The molecule has 17 heavy (non-hydrogen) atoms. The predicted octanol–water partition coefficient (Wildman–Crippen LogP) is 3.17. The normalized spacial score (nSPS) is 13.7. The predicted molar refractivity (Wildman–Crippen MR) is 77.6 cm³/mol. The summed E-state index contributed by atoms with van der Waals surface area (Å²) in [6.07, 6.45) is 3.74. The molecule has 0 aliphatic carbocycles. The summed E-state index contributed by atoms with van der Waals surface area (Å²) in [6.45, 7) is 14.3. The fourth-order valence-electron chi connectivity index (χ4n) is 1.52. The molecule has 0 aliphatic heterocycles. The second-order valence-corrected chi connectivity index (χ2v) is 6.89. The molecule has 0 spiro atoms. The molecule has 0 saturated carbocycles. The number of rotatable bonds is 4. The van der Waals surface area contributed by atoms with Crippen LogP contribution in [0.25, 0.3) is 0 Å². The Morgan fingerprint density at radius 1 is 1.00 bits per heavy atom. The summed E-state index contributed by atoms with van der Waals surface area (Å²) < 4.78 is 0. The summed E-state index contributed by atoms with van der Waals surface area (Å²) in [5, 5.41) is 6.70. The van der Waals surface area contributed by atoms with Crippen LogP contribution in [0.15, 0.2) is 4.99 Å². The first-order chi connectivity index (χ1) is 7.64. The second-order valence-electron chi connectivity index (χ2n) is 6.89. The standard InChI is InChI=1S/C14H31N3/c1-13(2,3)10-8-9-11-16-12(15-7)17-14(4,5)6/h8-11H2,1-7H3,(H2,15,16,17). The van der Waals surface area contributed by atoms with Gasteiger partial charge < -0.3 is 10.6 Å². The van der Waals surface area contributed by atoms with Crippen molar-refractivity contribution >= 4 is 5.96 Å². The van der Waals surface area contributed by atoms with Gasteiger partial charge in [0.2, 0.25) is 0 Å². The van der Waals surface area contributed by atoms with Crippen LogP contribution >= 0.6 is 0 Å². The molecule has 102 valence electrons. The highest BCUT2D eigenvalue weighted by atomic mass is 15.2. The van der Waals surface area contributed by atoms with E-state index in [0.29, 0.717) is 5.41 Å². The molecule has 0 radical (unpaired) electrons. The Balaban J connectivity index is 3.73. The molecule has 0 fully saturated rings. The Hall–Kier alpha value is -0.730. The lowest BCUT2D eigenvalue weighted by atomic mass is 9.90. The van der Waals surface area contributed by atoms with Crippen LogP contribution in [0.4, 0.5) is 0 Å². The maximum absolute atomic E-state index is 4.21. The largest absolute Gasteiger partial charge is 0.356 e. The molecule has 0 bridgehead atoms. The fraction of sp³-hybridized carbons (Fsp3) is 0.929. The number of hydrogen-bond acceptors (Lipinski definition) is 1. The van der Waals surface area contributed by atoms with Crippen molar-refractivity contribution in [3.63, 3.8) is 0 Å². The molecule has 0 aromatic carbocycles. The van der Waals surface area contributed by atoms with E-state index in [1.165, 1.54) is 19.3 Å². The minimum atomic E-state index is 0.0628. The lowest BCUT2D eigenvalue weighted by molar-refractivity contribution is 0.360. The van der Waals surface area contributed by atoms with Crippen LogP contribution in [0.1, 0.15) is 60.8 Å². The number of unbranched alkanes of at least 4 members (excludes halogenated alkanes) is 1. The zero-order valence-corrected chi connectivity index (χ0v) is 12.8. The zero-order valence-electron chi connectivity index (χ0n) is 12.8. The third-order valence-corrected chi connectivity index (χ3v) is 2.36. The van der Waals surface area contributed by atoms with Gasteiger partial charge in [0.1, 0.15) is 0 Å². The van der Waals surface area contributed by atoms with Crippen LogP contribution in [-0.4, -0.2) is 25.1 Å². The lowest BCUT2D eigenvalue weighted by Crippen LogP contribution is -2.47. The van der Waals surface area contributed by atoms with Crippen molar-refractivity contribution in [1.29, 1.82) is 0 Å². The van der Waals surface area contributed by atoms with Crippen molar-refractivity contribution in [3.8, 4) is 0 Å². The molecule has 0 saturated heterocycles. The first-order valence-corrected chi connectivity index (χ1v) is 6.63. The maximum atomic E-state index is 4.21. The van der Waals surface area contributed by atoms with Crippen LogP contribution in [0.5, 0.6) is 0 Å². The molecule has 3 heteroatoms. The first kappa shape index (κ1) is 16.3. The van der Waals surface area contributed by atoms with E-state index in [0.717, 1.165) is 12.5 Å². The molecule has 0 rings (SSSR count). The van der Waals surface area contributed by atoms with Gasteiger partial charge in [0.15, 0.2) is 5.96 Å². The Labute approximate surface area is 107 Å². The summed E-state index contributed by atoms with van der Waals surface area (Å²) >= 11 is 0. The number of guanidine groups is 1. The number of hydrogen-bond donors (Lipinski definition) is 2. The minimum absolute atomic E-state index is 0.0628. The average Bonchev–Trinajstić information content (AvgIpc) is 2.11. The van der Waals surface area contributed by atoms with E-state index < -0.39 is 0 Å². The van der Waals surface area contributed by atoms with Crippen LogP contribution in [-0.2, 0) is 0 Å². The minimum Gasteiger partial charge on any atom is -0.356 e. The van der Waals surface area contributed by atoms with Gasteiger partial charge >= 0.3 is 0 Å². The van der Waals surface area contributed by atoms with E-state index >= 15 is 0 Å². The van der Waals surface area contributed by atoms with E-state index in [9.17, 15) is 0 Å². The number of nitrogens with zero attached hydrogens (tertiary/aromatic N) is 1. The Bertz CT molecular complexity index is 231. The lowest BCUT2D eigenvalue weighted by Gasteiger charge is -2.24. The zero-order chi connectivity index (χ0) is 13.5. The van der Waals surface area contributed by atoms with E-state index in [2.05, 4.69) is 57.2 Å². The van der Waals surface area contributed by atoms with Crippen LogP contribution in [0.2, 0.25) is 0 Å². The maximum Gasteiger partial charge on any atom is 0.191 e. The summed E-state index contributed by atoms with van der Waals surface area (Å²) in [6, 6.07) is 0. The van der Waals surface area contributed by atoms with Gasteiger partial charge in [0.05, 0.1) is 0 Å². The van der Waals surface area contributed by atoms with Gasteiger partial charge in [-0.2, -0.15) is 0 Å². The summed E-state index contributed by atoms with van der Waals surface area (Å²) in [4.78, 5) is 4.21. The van der Waals surface area contributed by atoms with Crippen molar-refractivity contribution in [1.82, 2.24) is 10.6 Å². The molecule has 0 aromatic heterocycles. The monoisotopic (exact) mass is 241 g/mol. The fourth-order valence-corrected chi connectivity index (χ4v) is 1.52. The smallest absolute Gasteiger partial charge is 0.191 e. The van der Waals surface area contributed by atoms with Crippen LogP contribution < -0.4 is 10.6 Å². The van der Waals surface area contributed by atoms with Gasteiger partial charge in [0.25, 0.3) is 0 Å². The molecule has 0 heterocycles. The molecule has 3 nitrogen and oxygen atoms in total. The second kappa shape index (κ2) is 6.87. The van der Waals surface area contributed by atoms with E-state index in [-0.39, 0.29) is 5.54 Å². The van der Waals surface area contributed by atoms with Gasteiger partial charge in [0, 0.05) is 19.1 Å². The van der Waals surface area contributed by atoms with E-state index in [4.69, 9.17) is 0 Å². The van der Waals surface area contributed by atoms with Crippen molar-refractivity contribution in [3.05, 3.63) is 0 Å². The van der Waals surface area contributed by atoms with E-state index in [1.54, 1.807) is 0 Å². The third kappa shape index (κ3) is 11.5. The Morgan fingerprint density at radius 2 is 1.59 bits per heavy atom. The van der Waals surface area contributed by atoms with Crippen molar-refractivity contribution in [2.24, 2.45) is 10.4 Å². The van der Waals surface area contributed by atoms with Crippen LogP contribution in [0, 0.1) is 5.41 Å². The van der Waals surface area contributed by atoms with Crippen molar-refractivity contribution < 1.29 is 0 Å². The summed E-state index contributed by atoms with van der Waals surface area (Å²) in [5.41, 5.74) is 0.512. The van der Waals surface area contributed by atoms with Crippen molar-refractivity contribution in [2.45, 2.75) is 66.3 Å². The van der Waals surface area contributed by atoms with Gasteiger partial charge in [-0.3, -0.25) is 4.99 Å². The first-order valence-electron chi connectivity index (χ1n) is 6.63. The number of aliphatic imine (C=N–C) groups is 1. The Morgan fingerprint density at radius 3 is 2.00 bits per heavy atom. The molecule has 0 unspecified atom stereocenters. The number of nitrogens with one attached hydrogen (secondary N) is 2. The highest BCUT2D eigenvalue weighted by Gasteiger charge is 2.12. The Kier molecular flexibility index (Phi) is 6.58. The summed E-state index contributed by atoms with van der Waals surface area (Å²) in [7, 11) is 1.82. The molecular formula is C14H31N3. The summed E-state index contributed by atoms with van der Waals surface area (Å²) in [5.74, 6) is 0.897. The molecular weight excluding hydrogens is 210 g/mol. The average molecular weight is 241 g/mol. The van der Waals surface area contributed by atoms with Gasteiger partial charge in [-0.15, -0.1) is 0 Å². The molecule has 0 aromatic rings. The highest BCUT2D eigenvalue weighted by molar-refractivity contribution is 5.80. The quantitative estimate of drug-likeness (QED) is 0.450. The molecule has 0 atom stereocenters. The SMILES string of the molecule is CN=C(NCCCCC(C)(C)C)NC(C)(C)C. The molecule has 0 aliphatic rings. The van der Waals surface area contributed by atoms with Gasteiger partial charge in [-0.25, -0.2) is 0 Å². The van der Waals surface area contributed by atoms with Gasteiger partial charge in [-0.05, 0) is 39.0 Å². The third-order valence-electron chi connectivity index (χ3n) is 2.36. The molecule has 0 amide bonds. The highest BCUT2D eigenvalue weighted by Crippen LogP contribution is 2.21. The van der Waals surface area contributed by atoms with Gasteiger partial charge in [-0.1, -0.05) is 27.2 Å². The topological polar surface area (TPSA) is 36.4 Å². The van der Waals surface area contributed by atoms with Crippen molar-refractivity contribution in [2.75, 3.05) is 13.6 Å². The van der Waals surface area contributed by atoms with E-state index in [1.807, 2.05) is 7.05 Å². The molecule has 2 N–H and O–H groups in total.